The van der Waals surface area contributed by atoms with Gasteiger partial charge in [0.05, 0.1) is 12.6 Å². The predicted molar refractivity (Wildman–Crippen MR) is 121 cm³/mol. The summed E-state index contributed by atoms with van der Waals surface area (Å²) in [5, 5.41) is 5.37. The number of fused-ring (bicyclic) bond motifs is 1. The van der Waals surface area contributed by atoms with Crippen molar-refractivity contribution in [2.75, 3.05) is 13.2 Å². The molecule has 0 spiro atoms. The highest BCUT2D eigenvalue weighted by Crippen LogP contribution is 2.20. The number of pyridine rings is 1. The Morgan fingerprint density at radius 2 is 2.03 bits per heavy atom. The van der Waals surface area contributed by atoms with Crippen LogP contribution in [-0.4, -0.2) is 40.3 Å². The van der Waals surface area contributed by atoms with E-state index in [1.165, 1.54) is 37.7 Å². The number of rotatable bonds is 5. The van der Waals surface area contributed by atoms with Gasteiger partial charge < -0.3 is 19.9 Å². The van der Waals surface area contributed by atoms with Gasteiger partial charge in [0, 0.05) is 30.3 Å². The molecule has 1 unspecified atom stereocenters. The second-order valence-corrected chi connectivity index (χ2v) is 8.90. The molecule has 4 rings (SSSR count). The number of aromatic amines is 1. The maximum Gasteiger partial charge on any atom is 0.253 e. The first kappa shape index (κ1) is 20.4. The van der Waals surface area contributed by atoms with Gasteiger partial charge in [0.25, 0.3) is 5.56 Å². The number of hydrogen-bond acceptors (Lipinski definition) is 3. The van der Waals surface area contributed by atoms with E-state index in [9.17, 15) is 4.79 Å². The zero-order chi connectivity index (χ0) is 20.2. The van der Waals surface area contributed by atoms with Crippen LogP contribution in [0.25, 0.3) is 10.9 Å². The number of nitrogens with zero attached hydrogens (tertiary/aromatic N) is 1. The number of aromatic nitrogens is 1. The third kappa shape index (κ3) is 5.17. The third-order valence-corrected chi connectivity index (χ3v) is 6.48. The van der Waals surface area contributed by atoms with Crippen molar-refractivity contribution in [3.8, 4) is 0 Å². The maximum absolute atomic E-state index is 12.7. The van der Waals surface area contributed by atoms with Crippen molar-refractivity contribution in [1.29, 1.82) is 0 Å². The topological polar surface area (TPSA) is 57.4 Å². The summed E-state index contributed by atoms with van der Waals surface area (Å²) in [6.45, 7) is 4.11. The molecule has 1 aromatic carbocycles. The van der Waals surface area contributed by atoms with Gasteiger partial charge in [-0.15, -0.1) is 0 Å². The van der Waals surface area contributed by atoms with Crippen LogP contribution in [0.4, 0.5) is 0 Å². The lowest BCUT2D eigenvalue weighted by Gasteiger charge is -2.32. The summed E-state index contributed by atoms with van der Waals surface area (Å²) >= 11 is 5.80. The Kier molecular flexibility index (Phi) is 6.50. The normalized spacial score (nSPS) is 20.1. The molecule has 29 heavy (non-hydrogen) atoms. The number of hydrogen-bond donors (Lipinski definition) is 2. The Balaban J connectivity index is 1.55. The lowest BCUT2D eigenvalue weighted by molar-refractivity contribution is 0.0894. The maximum atomic E-state index is 12.7. The van der Waals surface area contributed by atoms with Crippen LogP contribution in [0.1, 0.15) is 56.1 Å². The van der Waals surface area contributed by atoms with Crippen LogP contribution in [0.15, 0.2) is 29.1 Å². The van der Waals surface area contributed by atoms with Gasteiger partial charge in [-0.1, -0.05) is 30.9 Å². The van der Waals surface area contributed by atoms with Gasteiger partial charge in [0.1, 0.15) is 0 Å². The lowest BCUT2D eigenvalue weighted by atomic mass is 9.96. The Labute approximate surface area is 177 Å². The molecular formula is C23H31N3O2S. The molecule has 1 aromatic heterocycles. The second-order valence-electron chi connectivity index (χ2n) is 8.51. The van der Waals surface area contributed by atoms with E-state index in [1.807, 2.05) is 18.2 Å². The van der Waals surface area contributed by atoms with E-state index in [0.29, 0.717) is 12.6 Å². The number of nitrogens with one attached hydrogen (secondary N) is 2. The fraction of sp³-hybridized carbons (Fsp3) is 0.565. The minimum atomic E-state index is -0.0424. The SMILES string of the molecule is Cc1ccc2[nH]c(=O)c(CN(CC3CCCO3)C(=S)NC3CCCCC3)cc2c1. The van der Waals surface area contributed by atoms with E-state index in [2.05, 4.69) is 28.2 Å². The first-order valence-corrected chi connectivity index (χ1v) is 11.3. The molecule has 1 aliphatic heterocycles. The summed E-state index contributed by atoms with van der Waals surface area (Å²) < 4.78 is 5.86. The summed E-state index contributed by atoms with van der Waals surface area (Å²) in [7, 11) is 0. The van der Waals surface area contributed by atoms with E-state index in [0.717, 1.165) is 47.6 Å². The molecule has 1 saturated carbocycles. The quantitative estimate of drug-likeness (QED) is 0.725. The van der Waals surface area contributed by atoms with E-state index in [1.54, 1.807) is 0 Å². The molecule has 2 heterocycles. The molecule has 0 radical (unpaired) electrons. The van der Waals surface area contributed by atoms with Gasteiger partial charge in [-0.05, 0) is 68.4 Å². The molecule has 0 amide bonds. The Morgan fingerprint density at radius 3 is 2.79 bits per heavy atom. The molecule has 2 fully saturated rings. The minimum absolute atomic E-state index is 0.0424. The van der Waals surface area contributed by atoms with Gasteiger partial charge in [-0.25, -0.2) is 0 Å². The van der Waals surface area contributed by atoms with E-state index < -0.39 is 0 Å². The van der Waals surface area contributed by atoms with Crippen molar-refractivity contribution in [2.45, 2.75) is 70.6 Å². The monoisotopic (exact) mass is 413 g/mol. The van der Waals surface area contributed by atoms with Crippen molar-refractivity contribution in [1.82, 2.24) is 15.2 Å². The van der Waals surface area contributed by atoms with E-state index in [4.69, 9.17) is 17.0 Å². The first-order valence-electron chi connectivity index (χ1n) is 10.9. The zero-order valence-electron chi connectivity index (χ0n) is 17.2. The van der Waals surface area contributed by atoms with Crippen molar-refractivity contribution in [2.24, 2.45) is 0 Å². The summed E-state index contributed by atoms with van der Waals surface area (Å²) in [6, 6.07) is 8.55. The molecule has 2 aromatic rings. The van der Waals surface area contributed by atoms with Crippen molar-refractivity contribution < 1.29 is 4.74 Å². The van der Waals surface area contributed by atoms with E-state index >= 15 is 0 Å². The molecular weight excluding hydrogens is 382 g/mol. The largest absolute Gasteiger partial charge is 0.376 e. The average Bonchev–Trinajstić information content (AvgIpc) is 3.22. The van der Waals surface area contributed by atoms with Gasteiger partial charge in [-0.2, -0.15) is 0 Å². The fourth-order valence-corrected chi connectivity index (χ4v) is 4.77. The van der Waals surface area contributed by atoms with Crippen molar-refractivity contribution >= 4 is 28.2 Å². The molecule has 6 heteroatoms. The van der Waals surface area contributed by atoms with Gasteiger partial charge in [0.2, 0.25) is 0 Å². The smallest absolute Gasteiger partial charge is 0.253 e. The molecule has 1 atom stereocenters. The number of ether oxygens (including phenoxy) is 1. The lowest BCUT2D eigenvalue weighted by Crippen LogP contribution is -2.47. The van der Waals surface area contributed by atoms with Crippen molar-refractivity contribution in [3.05, 3.63) is 45.7 Å². The van der Waals surface area contributed by atoms with Crippen LogP contribution in [0.5, 0.6) is 0 Å². The Bertz CT molecular complexity index is 914. The molecule has 5 nitrogen and oxygen atoms in total. The third-order valence-electron chi connectivity index (χ3n) is 6.11. The standard InChI is InChI=1S/C23H31N3O2S/c1-16-9-10-21-17(12-16)13-18(22(27)25-21)14-26(15-20-8-5-11-28-20)23(29)24-19-6-3-2-4-7-19/h9-10,12-13,19-20H,2-8,11,14-15H2,1H3,(H,24,29)(H,25,27). The molecule has 0 bridgehead atoms. The van der Waals surface area contributed by atoms with Gasteiger partial charge in [-0.3, -0.25) is 4.79 Å². The van der Waals surface area contributed by atoms with E-state index in [-0.39, 0.29) is 11.7 Å². The Morgan fingerprint density at radius 1 is 1.21 bits per heavy atom. The van der Waals surface area contributed by atoms with Crippen LogP contribution < -0.4 is 10.9 Å². The zero-order valence-corrected chi connectivity index (χ0v) is 18.0. The van der Waals surface area contributed by atoms with Crippen LogP contribution in [0.3, 0.4) is 0 Å². The van der Waals surface area contributed by atoms with Crippen LogP contribution >= 0.6 is 12.2 Å². The highest BCUT2D eigenvalue weighted by molar-refractivity contribution is 7.80. The number of aryl methyl sites for hydroxylation is 1. The molecule has 1 aliphatic carbocycles. The second kappa shape index (κ2) is 9.26. The fourth-order valence-electron chi connectivity index (χ4n) is 4.46. The number of H-pyrrole nitrogens is 1. The highest BCUT2D eigenvalue weighted by Gasteiger charge is 2.24. The molecule has 2 N–H and O–H groups in total. The number of thiocarbonyl (C=S) groups is 1. The average molecular weight is 414 g/mol. The van der Waals surface area contributed by atoms with Crippen LogP contribution in [0.2, 0.25) is 0 Å². The molecule has 156 valence electrons. The number of benzene rings is 1. The highest BCUT2D eigenvalue weighted by atomic mass is 32.1. The molecule has 2 aliphatic rings. The van der Waals surface area contributed by atoms with Crippen molar-refractivity contribution in [3.63, 3.8) is 0 Å². The first-order chi connectivity index (χ1) is 14.1. The summed E-state index contributed by atoms with van der Waals surface area (Å²) in [5.74, 6) is 0. The summed E-state index contributed by atoms with van der Waals surface area (Å²) in [4.78, 5) is 17.9. The van der Waals surface area contributed by atoms with Gasteiger partial charge >= 0.3 is 0 Å². The summed E-state index contributed by atoms with van der Waals surface area (Å²) in [5.41, 5.74) is 2.76. The predicted octanol–water partition coefficient (Wildman–Crippen LogP) is 4.02. The minimum Gasteiger partial charge on any atom is -0.376 e. The van der Waals surface area contributed by atoms with Gasteiger partial charge in [0.15, 0.2) is 5.11 Å². The Hall–Kier alpha value is -1.92. The molecule has 1 saturated heterocycles. The van der Waals surface area contributed by atoms with Crippen LogP contribution in [0, 0.1) is 6.92 Å². The summed E-state index contributed by atoms with van der Waals surface area (Å²) in [6.07, 6.45) is 8.50. The van der Waals surface area contributed by atoms with Crippen LogP contribution in [-0.2, 0) is 11.3 Å².